The third-order valence-corrected chi connectivity index (χ3v) is 8.52. The van der Waals surface area contributed by atoms with Crippen LogP contribution in [0.4, 0.5) is 8.78 Å². The van der Waals surface area contributed by atoms with Crippen molar-refractivity contribution >= 4 is 34.3 Å². The van der Waals surface area contributed by atoms with E-state index in [1.807, 2.05) is 13.0 Å². The number of hydrogen-bond acceptors (Lipinski definition) is 6. The van der Waals surface area contributed by atoms with Gasteiger partial charge in [-0.25, -0.2) is 13.8 Å². The summed E-state index contributed by atoms with van der Waals surface area (Å²) in [5.41, 5.74) is 2.48. The van der Waals surface area contributed by atoms with Crippen molar-refractivity contribution in [3.05, 3.63) is 88.0 Å². The van der Waals surface area contributed by atoms with Gasteiger partial charge >= 0.3 is 0 Å². The molecule has 2 atom stereocenters. The van der Waals surface area contributed by atoms with Crippen molar-refractivity contribution in [1.82, 2.24) is 15.3 Å². The van der Waals surface area contributed by atoms with Gasteiger partial charge in [0.05, 0.1) is 22.8 Å². The van der Waals surface area contributed by atoms with E-state index in [1.54, 1.807) is 19.2 Å². The molecular formula is C31H27ClF2N4O4. The Labute approximate surface area is 244 Å². The Morgan fingerprint density at radius 2 is 1.90 bits per heavy atom. The second-order valence-electron chi connectivity index (χ2n) is 11.3. The van der Waals surface area contributed by atoms with Crippen LogP contribution >= 0.6 is 11.6 Å². The third kappa shape index (κ3) is 4.46. The van der Waals surface area contributed by atoms with Gasteiger partial charge in [-0.05, 0) is 80.8 Å². The summed E-state index contributed by atoms with van der Waals surface area (Å²) < 4.78 is 35.6. The topological polar surface area (TPSA) is 127 Å². The highest BCUT2D eigenvalue weighted by Crippen LogP contribution is 2.55. The lowest BCUT2D eigenvalue weighted by atomic mass is 9.80. The standard InChI is InChI=1S/C31H27ClF2N4O4/c1-16-9-18-10-19(11-22(32)24(18)36-13-16)27(39)37-14-31(41,30(34)7-8-30)23-12-21-26(42-15-29(21,2)28(35)40)25(38-23)17-3-5-20(33)6-4-17/h3-6,9-13,41H,7-8,14-15H2,1-2H3,(H2,35,40)(H,37,39)/t29-,31-/m0/s1. The maximum absolute atomic E-state index is 16.1. The number of nitrogens with one attached hydrogen (secondary N) is 1. The number of carbonyl (C=O) groups excluding carboxylic acids is 2. The quantitative estimate of drug-likeness (QED) is 0.287. The van der Waals surface area contributed by atoms with Gasteiger partial charge in [0.15, 0.2) is 5.60 Å². The molecule has 0 spiro atoms. The van der Waals surface area contributed by atoms with Crippen molar-refractivity contribution in [1.29, 1.82) is 0 Å². The molecule has 1 saturated carbocycles. The minimum absolute atomic E-state index is 0.0281. The number of aryl methyl sites for hydroxylation is 1. The fourth-order valence-electron chi connectivity index (χ4n) is 5.36. The zero-order valence-corrected chi connectivity index (χ0v) is 23.6. The number of pyridine rings is 2. The lowest BCUT2D eigenvalue weighted by molar-refractivity contribution is -0.123. The molecular weight excluding hydrogens is 566 g/mol. The van der Waals surface area contributed by atoms with Crippen LogP contribution in [0.3, 0.4) is 0 Å². The Hall–Kier alpha value is -4.15. The van der Waals surface area contributed by atoms with Crippen molar-refractivity contribution in [2.75, 3.05) is 13.2 Å². The molecule has 0 unspecified atom stereocenters. The Balaban J connectivity index is 1.42. The van der Waals surface area contributed by atoms with Gasteiger partial charge in [0.2, 0.25) is 5.91 Å². The summed E-state index contributed by atoms with van der Waals surface area (Å²) in [7, 11) is 0. The Morgan fingerprint density at radius 1 is 1.19 bits per heavy atom. The summed E-state index contributed by atoms with van der Waals surface area (Å²) in [6, 6.07) is 11.7. The lowest BCUT2D eigenvalue weighted by Crippen LogP contribution is -2.49. The number of hydrogen-bond donors (Lipinski definition) is 3. The van der Waals surface area contributed by atoms with Crippen LogP contribution in [0.5, 0.6) is 5.75 Å². The molecule has 1 fully saturated rings. The minimum atomic E-state index is -2.29. The number of rotatable bonds is 7. The highest BCUT2D eigenvalue weighted by Gasteiger charge is 2.62. The van der Waals surface area contributed by atoms with E-state index in [2.05, 4.69) is 15.3 Å². The zero-order valence-electron chi connectivity index (χ0n) is 22.8. The van der Waals surface area contributed by atoms with E-state index >= 15 is 4.39 Å². The summed E-state index contributed by atoms with van der Waals surface area (Å²) in [6.45, 7) is 2.82. The Bertz CT molecular complexity index is 1780. The number of nitrogens with two attached hydrogens (primary N) is 1. The normalized spacial score (nSPS) is 20.0. The largest absolute Gasteiger partial charge is 0.489 e. The summed E-state index contributed by atoms with van der Waals surface area (Å²) in [4.78, 5) is 34.7. The number of ether oxygens (including phenoxy) is 1. The number of nitrogens with zero attached hydrogens (tertiary/aromatic N) is 2. The summed E-state index contributed by atoms with van der Waals surface area (Å²) in [5.74, 6) is -1.52. The first kappa shape index (κ1) is 28.0. The molecule has 0 bridgehead atoms. The summed E-state index contributed by atoms with van der Waals surface area (Å²) in [6.07, 6.45) is 1.73. The van der Waals surface area contributed by atoms with Crippen molar-refractivity contribution in [2.45, 2.75) is 43.4 Å². The maximum atomic E-state index is 16.1. The maximum Gasteiger partial charge on any atom is 0.251 e. The van der Waals surface area contributed by atoms with Gasteiger partial charge in [0.25, 0.3) is 5.91 Å². The summed E-state index contributed by atoms with van der Waals surface area (Å²) >= 11 is 6.38. The van der Waals surface area contributed by atoms with E-state index < -0.39 is 40.9 Å². The van der Waals surface area contributed by atoms with E-state index in [1.165, 1.54) is 36.4 Å². The molecule has 4 aromatic rings. The fourth-order valence-corrected chi connectivity index (χ4v) is 5.64. The molecule has 11 heteroatoms. The molecule has 2 aliphatic rings. The number of carbonyl (C=O) groups is 2. The van der Waals surface area contributed by atoms with Crippen LogP contribution < -0.4 is 15.8 Å². The highest BCUT2D eigenvalue weighted by molar-refractivity contribution is 6.35. The second kappa shape index (κ2) is 9.71. The SMILES string of the molecule is Cc1cnc2c(Cl)cc(C(=O)NC[C@](O)(c3cc4c(c(-c5ccc(F)cc5)n3)OC[C@]4(C)C(N)=O)C3(F)CC3)cc2c1. The first-order valence-electron chi connectivity index (χ1n) is 13.3. The lowest BCUT2D eigenvalue weighted by Gasteiger charge is -2.33. The van der Waals surface area contributed by atoms with E-state index in [0.717, 1.165) is 5.56 Å². The molecule has 2 aromatic heterocycles. The van der Waals surface area contributed by atoms with Gasteiger partial charge in [0.1, 0.15) is 35.0 Å². The van der Waals surface area contributed by atoms with Gasteiger partial charge in [-0.15, -0.1) is 0 Å². The third-order valence-electron chi connectivity index (χ3n) is 8.23. The first-order chi connectivity index (χ1) is 19.8. The number of halogens is 3. The molecule has 216 valence electrons. The van der Waals surface area contributed by atoms with Crippen LogP contribution in [0.2, 0.25) is 5.02 Å². The fraction of sp³-hybridized carbons (Fsp3) is 0.290. The van der Waals surface area contributed by atoms with Crippen LogP contribution in [0.15, 0.2) is 54.7 Å². The Kier molecular flexibility index (Phi) is 6.47. The number of aliphatic hydroxyl groups is 1. The Morgan fingerprint density at radius 3 is 2.57 bits per heavy atom. The molecule has 3 heterocycles. The van der Waals surface area contributed by atoms with Crippen LogP contribution in [-0.2, 0) is 15.8 Å². The summed E-state index contributed by atoms with van der Waals surface area (Å²) in [5, 5.41) is 15.6. The molecule has 4 N–H and O–H groups in total. The number of fused-ring (bicyclic) bond motifs is 2. The molecule has 6 rings (SSSR count). The van der Waals surface area contributed by atoms with E-state index in [0.29, 0.717) is 22.0 Å². The molecule has 2 aromatic carbocycles. The number of amides is 2. The van der Waals surface area contributed by atoms with E-state index in [-0.39, 0.29) is 47.2 Å². The number of benzene rings is 2. The van der Waals surface area contributed by atoms with Crippen LogP contribution in [0, 0.1) is 12.7 Å². The molecule has 1 aliphatic carbocycles. The van der Waals surface area contributed by atoms with Gasteiger partial charge in [-0.2, -0.15) is 0 Å². The van der Waals surface area contributed by atoms with Crippen LogP contribution in [-0.4, -0.2) is 45.7 Å². The average molecular weight is 593 g/mol. The molecule has 1 aliphatic heterocycles. The molecule has 0 radical (unpaired) electrons. The smallest absolute Gasteiger partial charge is 0.251 e. The minimum Gasteiger partial charge on any atom is -0.489 e. The molecule has 2 amide bonds. The van der Waals surface area contributed by atoms with Crippen molar-refractivity contribution < 1.29 is 28.2 Å². The van der Waals surface area contributed by atoms with Gasteiger partial charge in [-0.3, -0.25) is 14.6 Å². The van der Waals surface area contributed by atoms with E-state index in [9.17, 15) is 19.1 Å². The van der Waals surface area contributed by atoms with Gasteiger partial charge in [0, 0.05) is 28.3 Å². The molecule has 0 saturated heterocycles. The van der Waals surface area contributed by atoms with E-state index in [4.69, 9.17) is 22.1 Å². The van der Waals surface area contributed by atoms with Crippen LogP contribution in [0.1, 0.15) is 46.9 Å². The zero-order chi connectivity index (χ0) is 30.0. The molecule has 42 heavy (non-hydrogen) atoms. The van der Waals surface area contributed by atoms with Crippen LogP contribution in [0.25, 0.3) is 22.2 Å². The van der Waals surface area contributed by atoms with Crippen molar-refractivity contribution in [3.8, 4) is 17.0 Å². The van der Waals surface area contributed by atoms with Gasteiger partial charge in [-0.1, -0.05) is 11.6 Å². The first-order valence-corrected chi connectivity index (χ1v) is 13.7. The highest BCUT2D eigenvalue weighted by atomic mass is 35.5. The monoisotopic (exact) mass is 592 g/mol. The predicted molar refractivity (Wildman–Crippen MR) is 152 cm³/mol. The number of aromatic nitrogens is 2. The van der Waals surface area contributed by atoms with Crippen molar-refractivity contribution in [3.63, 3.8) is 0 Å². The average Bonchev–Trinajstić information content (AvgIpc) is 3.63. The molecule has 8 nitrogen and oxygen atoms in total. The number of alkyl halides is 1. The predicted octanol–water partition coefficient (Wildman–Crippen LogP) is 4.65. The number of primary amides is 1. The van der Waals surface area contributed by atoms with Crippen molar-refractivity contribution in [2.24, 2.45) is 5.73 Å². The van der Waals surface area contributed by atoms with Gasteiger partial charge < -0.3 is 20.9 Å². The second-order valence-corrected chi connectivity index (χ2v) is 11.7.